The molecule has 0 radical (unpaired) electrons. The van der Waals surface area contributed by atoms with Crippen LogP contribution >= 0.6 is 0 Å². The van der Waals surface area contributed by atoms with Gasteiger partial charge in [-0.2, -0.15) is 0 Å². The maximum absolute atomic E-state index is 4.25. The van der Waals surface area contributed by atoms with Crippen molar-refractivity contribution in [2.24, 2.45) is 35.0 Å². The summed E-state index contributed by atoms with van der Waals surface area (Å²) in [5, 5.41) is 0. The van der Waals surface area contributed by atoms with E-state index in [1.54, 1.807) is 5.57 Å². The lowest BCUT2D eigenvalue weighted by atomic mass is 9.73. The molecule has 0 heteroatoms. The maximum atomic E-state index is 4.25. The molecular formula is C11H14. The standard InChI is InChI=1S/C11H14/c1-3-6-7-4-11(7)5(2)8-9(6)10(8)11/h6-10H,2-4H2,1H3. The molecule has 4 fully saturated rings. The Bertz CT molecular complexity index is 276. The van der Waals surface area contributed by atoms with Gasteiger partial charge in [0.25, 0.3) is 0 Å². The molecular weight excluding hydrogens is 132 g/mol. The highest BCUT2D eigenvalue weighted by atomic mass is 14.9. The van der Waals surface area contributed by atoms with Crippen LogP contribution in [0.4, 0.5) is 0 Å². The van der Waals surface area contributed by atoms with E-state index in [-0.39, 0.29) is 0 Å². The fourth-order valence-corrected chi connectivity index (χ4v) is 4.82. The number of allylic oxidation sites excluding steroid dienone is 1. The van der Waals surface area contributed by atoms with Crippen LogP contribution in [0.3, 0.4) is 0 Å². The lowest BCUT2D eigenvalue weighted by Crippen LogP contribution is -2.24. The van der Waals surface area contributed by atoms with Crippen molar-refractivity contribution in [2.75, 3.05) is 0 Å². The van der Waals surface area contributed by atoms with Crippen LogP contribution in [0.25, 0.3) is 0 Å². The van der Waals surface area contributed by atoms with Crippen molar-refractivity contribution in [2.45, 2.75) is 19.8 Å². The van der Waals surface area contributed by atoms with E-state index in [0.717, 1.165) is 35.0 Å². The van der Waals surface area contributed by atoms with E-state index in [1.165, 1.54) is 12.8 Å². The molecule has 0 aromatic carbocycles. The second-order valence-electron chi connectivity index (χ2n) is 5.08. The molecule has 4 aliphatic rings. The highest BCUT2D eigenvalue weighted by Crippen LogP contribution is 2.95. The molecule has 4 aliphatic carbocycles. The van der Waals surface area contributed by atoms with Gasteiger partial charge in [-0.05, 0) is 41.4 Å². The van der Waals surface area contributed by atoms with Crippen LogP contribution in [-0.2, 0) is 0 Å². The van der Waals surface area contributed by atoms with E-state index in [9.17, 15) is 0 Å². The summed E-state index contributed by atoms with van der Waals surface area (Å²) in [6.45, 7) is 6.62. The van der Waals surface area contributed by atoms with Crippen molar-refractivity contribution in [3.8, 4) is 0 Å². The Balaban J connectivity index is 1.85. The quantitative estimate of drug-likeness (QED) is 0.498. The molecule has 6 unspecified atom stereocenters. The third-order valence-electron chi connectivity index (χ3n) is 5.21. The first-order valence-corrected chi connectivity index (χ1v) is 5.01. The Morgan fingerprint density at radius 2 is 2.45 bits per heavy atom. The van der Waals surface area contributed by atoms with Gasteiger partial charge in [0.15, 0.2) is 0 Å². The molecule has 0 N–H and O–H groups in total. The second-order valence-corrected chi connectivity index (χ2v) is 5.08. The van der Waals surface area contributed by atoms with Gasteiger partial charge < -0.3 is 0 Å². The van der Waals surface area contributed by atoms with Gasteiger partial charge in [0.2, 0.25) is 0 Å². The third kappa shape index (κ3) is 0.292. The zero-order valence-corrected chi connectivity index (χ0v) is 7.01. The minimum atomic E-state index is 0.774. The average Bonchev–Trinajstić information content (AvgIpc) is 2.83. The van der Waals surface area contributed by atoms with Crippen molar-refractivity contribution in [3.05, 3.63) is 12.2 Å². The van der Waals surface area contributed by atoms with E-state index >= 15 is 0 Å². The molecule has 11 heavy (non-hydrogen) atoms. The van der Waals surface area contributed by atoms with Crippen molar-refractivity contribution in [3.63, 3.8) is 0 Å². The molecule has 4 saturated carbocycles. The Kier molecular flexibility index (Phi) is 0.551. The lowest BCUT2D eigenvalue weighted by Gasteiger charge is -2.31. The molecule has 0 bridgehead atoms. The number of hydrogen-bond donors (Lipinski definition) is 0. The molecule has 0 aromatic rings. The number of fused-ring (bicyclic) bond motifs is 1. The summed E-state index contributed by atoms with van der Waals surface area (Å²) in [6, 6.07) is 0. The minimum Gasteiger partial charge on any atom is -0.0990 e. The normalized spacial score (nSPS) is 73.5. The van der Waals surface area contributed by atoms with Gasteiger partial charge in [0.1, 0.15) is 0 Å². The van der Waals surface area contributed by atoms with Gasteiger partial charge in [-0.15, -0.1) is 0 Å². The fraction of sp³-hybridized carbons (Fsp3) is 0.818. The first-order chi connectivity index (χ1) is 5.32. The predicted octanol–water partition coefficient (Wildman–Crippen LogP) is 2.46. The summed E-state index contributed by atoms with van der Waals surface area (Å²) in [5.74, 6) is 5.55. The summed E-state index contributed by atoms with van der Waals surface area (Å²) in [6.07, 6.45) is 2.97. The van der Waals surface area contributed by atoms with Gasteiger partial charge in [0, 0.05) is 0 Å². The maximum Gasteiger partial charge on any atom is -0.00164 e. The van der Waals surface area contributed by atoms with Gasteiger partial charge in [0.05, 0.1) is 0 Å². The third-order valence-corrected chi connectivity index (χ3v) is 5.21. The second kappa shape index (κ2) is 1.12. The van der Waals surface area contributed by atoms with E-state index in [1.807, 2.05) is 0 Å². The molecule has 1 spiro atoms. The Hall–Kier alpha value is -0.260. The first-order valence-electron chi connectivity index (χ1n) is 5.01. The van der Waals surface area contributed by atoms with Crippen LogP contribution in [0.5, 0.6) is 0 Å². The summed E-state index contributed by atoms with van der Waals surface area (Å²) in [4.78, 5) is 0. The van der Waals surface area contributed by atoms with Crippen molar-refractivity contribution in [1.82, 2.24) is 0 Å². The van der Waals surface area contributed by atoms with Crippen LogP contribution in [0.15, 0.2) is 12.2 Å². The SMILES string of the molecule is C=C1C2C3C(CC)C4CC14C23. The molecule has 0 saturated heterocycles. The fourth-order valence-electron chi connectivity index (χ4n) is 4.82. The van der Waals surface area contributed by atoms with Crippen LogP contribution in [0.1, 0.15) is 19.8 Å². The zero-order valence-electron chi connectivity index (χ0n) is 7.01. The topological polar surface area (TPSA) is 0 Å². The predicted molar refractivity (Wildman–Crippen MR) is 43.9 cm³/mol. The van der Waals surface area contributed by atoms with Crippen molar-refractivity contribution < 1.29 is 0 Å². The van der Waals surface area contributed by atoms with Gasteiger partial charge in [-0.3, -0.25) is 0 Å². The molecule has 0 nitrogen and oxygen atoms in total. The van der Waals surface area contributed by atoms with Crippen LogP contribution in [-0.4, -0.2) is 0 Å². The van der Waals surface area contributed by atoms with Crippen molar-refractivity contribution in [1.29, 1.82) is 0 Å². The highest BCUT2D eigenvalue weighted by molar-refractivity contribution is 5.52. The molecule has 0 aromatic heterocycles. The molecule has 6 atom stereocenters. The van der Waals surface area contributed by atoms with E-state index < -0.39 is 0 Å². The number of hydrogen-bond acceptors (Lipinski definition) is 0. The zero-order chi connectivity index (χ0) is 7.38. The first kappa shape index (κ1) is 5.40. The van der Waals surface area contributed by atoms with Crippen LogP contribution in [0.2, 0.25) is 0 Å². The smallest absolute Gasteiger partial charge is 0.00164 e. The highest BCUT2D eigenvalue weighted by Gasteiger charge is 2.89. The van der Waals surface area contributed by atoms with E-state index in [4.69, 9.17) is 0 Å². The van der Waals surface area contributed by atoms with Gasteiger partial charge >= 0.3 is 0 Å². The van der Waals surface area contributed by atoms with Crippen LogP contribution < -0.4 is 0 Å². The van der Waals surface area contributed by atoms with E-state index in [0.29, 0.717) is 0 Å². The Morgan fingerprint density at radius 1 is 1.64 bits per heavy atom. The molecule has 0 amide bonds. The lowest BCUT2D eigenvalue weighted by molar-refractivity contribution is 0.311. The minimum absolute atomic E-state index is 0.774. The van der Waals surface area contributed by atoms with Gasteiger partial charge in [-0.25, -0.2) is 0 Å². The van der Waals surface area contributed by atoms with E-state index in [2.05, 4.69) is 13.5 Å². The number of rotatable bonds is 1. The van der Waals surface area contributed by atoms with Crippen LogP contribution in [0, 0.1) is 35.0 Å². The monoisotopic (exact) mass is 146 g/mol. The molecule has 0 aliphatic heterocycles. The molecule has 0 heterocycles. The molecule has 4 rings (SSSR count). The summed E-state index contributed by atoms with van der Waals surface area (Å²) in [5.41, 5.74) is 2.44. The van der Waals surface area contributed by atoms with Gasteiger partial charge in [-0.1, -0.05) is 25.5 Å². The Labute approximate surface area is 67.7 Å². The van der Waals surface area contributed by atoms with Crippen molar-refractivity contribution >= 4 is 0 Å². The Morgan fingerprint density at radius 3 is 3.00 bits per heavy atom. The summed E-state index contributed by atoms with van der Waals surface area (Å²) in [7, 11) is 0. The summed E-state index contributed by atoms with van der Waals surface area (Å²) >= 11 is 0. The molecule has 58 valence electrons. The largest absolute Gasteiger partial charge is 0.0990 e. The summed E-state index contributed by atoms with van der Waals surface area (Å²) < 4.78 is 0. The average molecular weight is 146 g/mol.